The largest absolute Gasteiger partial charge is 0.416 e. The van der Waals surface area contributed by atoms with Crippen LogP contribution < -0.4 is 10.6 Å². The van der Waals surface area contributed by atoms with E-state index in [1.54, 1.807) is 0 Å². The molecule has 3 nitrogen and oxygen atoms in total. The molecule has 0 saturated carbocycles. The zero-order chi connectivity index (χ0) is 15.7. The number of carbonyl (C=O) groups is 1. The van der Waals surface area contributed by atoms with E-state index in [1.165, 1.54) is 18.2 Å². The van der Waals surface area contributed by atoms with Crippen LogP contribution in [0.25, 0.3) is 0 Å². The molecule has 0 aliphatic carbocycles. The molecular weight excluding hydrogens is 331 g/mol. The molecule has 1 heterocycles. The molecule has 1 fully saturated rings. The average molecular weight is 345 g/mol. The predicted molar refractivity (Wildman–Crippen MR) is 71.9 cm³/mol. The van der Waals surface area contributed by atoms with E-state index in [0.29, 0.717) is 0 Å². The van der Waals surface area contributed by atoms with Crippen molar-refractivity contribution in [1.82, 2.24) is 10.6 Å². The van der Waals surface area contributed by atoms with Gasteiger partial charge in [-0.3, -0.25) is 10.1 Å². The first kappa shape index (κ1) is 18.6. The number of hydrogen-bond acceptors (Lipinski definition) is 2. The fraction of sp³-hybridized carbons (Fsp3) is 0.462. The highest BCUT2D eigenvalue weighted by Gasteiger charge is 2.42. The van der Waals surface area contributed by atoms with Crippen LogP contribution in [0.15, 0.2) is 24.3 Å². The van der Waals surface area contributed by atoms with Crippen molar-refractivity contribution in [3.8, 4) is 0 Å². The van der Waals surface area contributed by atoms with Gasteiger partial charge in [0.15, 0.2) is 0 Å². The van der Waals surface area contributed by atoms with Crippen LogP contribution >= 0.6 is 12.4 Å². The van der Waals surface area contributed by atoms with Crippen LogP contribution in [-0.4, -0.2) is 24.4 Å². The summed E-state index contributed by atoms with van der Waals surface area (Å²) in [7, 11) is 0. The van der Waals surface area contributed by atoms with Crippen molar-refractivity contribution in [1.29, 1.82) is 0 Å². The van der Waals surface area contributed by atoms with Gasteiger partial charge in [0.1, 0.15) is 0 Å². The van der Waals surface area contributed by atoms with Gasteiger partial charge < -0.3 is 5.32 Å². The van der Waals surface area contributed by atoms with E-state index in [9.17, 15) is 26.7 Å². The summed E-state index contributed by atoms with van der Waals surface area (Å²) in [6, 6.07) is 3.72. The van der Waals surface area contributed by atoms with Crippen molar-refractivity contribution in [3.05, 3.63) is 35.4 Å². The summed E-state index contributed by atoms with van der Waals surface area (Å²) in [4.78, 5) is 11.7. The summed E-state index contributed by atoms with van der Waals surface area (Å²) in [5.74, 6) is -3.70. The van der Waals surface area contributed by atoms with Gasteiger partial charge in [0.2, 0.25) is 5.91 Å². The first-order chi connectivity index (χ1) is 9.69. The number of benzene rings is 1. The monoisotopic (exact) mass is 344 g/mol. The Bertz CT molecular complexity index is 535. The molecule has 1 aliphatic heterocycles. The van der Waals surface area contributed by atoms with Gasteiger partial charge in [-0.2, -0.15) is 13.2 Å². The van der Waals surface area contributed by atoms with Gasteiger partial charge in [-0.1, -0.05) is 18.2 Å². The summed E-state index contributed by atoms with van der Waals surface area (Å²) in [5.41, 5.74) is -0.960. The zero-order valence-corrected chi connectivity index (χ0v) is 12.0. The molecule has 0 aromatic heterocycles. The number of rotatable bonds is 3. The lowest BCUT2D eigenvalue weighted by Crippen LogP contribution is -2.40. The standard InChI is InChI=1S/C13H13F5N2O.ClH/c14-12(15)5-10(20-7-12)11(21)19-6-8-3-1-2-4-9(8)13(16,17)18;/h1-4,10,20H,5-7H2,(H,19,21);1H. The van der Waals surface area contributed by atoms with E-state index >= 15 is 0 Å². The maximum absolute atomic E-state index is 12.9. The van der Waals surface area contributed by atoms with Crippen LogP contribution in [0, 0.1) is 0 Å². The van der Waals surface area contributed by atoms with E-state index in [1.807, 2.05) is 0 Å². The topological polar surface area (TPSA) is 41.1 Å². The van der Waals surface area contributed by atoms with Crippen molar-refractivity contribution >= 4 is 18.3 Å². The van der Waals surface area contributed by atoms with Crippen molar-refractivity contribution in [2.75, 3.05) is 6.54 Å². The van der Waals surface area contributed by atoms with Crippen LogP contribution in [0.4, 0.5) is 22.0 Å². The van der Waals surface area contributed by atoms with E-state index in [-0.39, 0.29) is 24.5 Å². The Morgan fingerprint density at radius 1 is 1.32 bits per heavy atom. The van der Waals surface area contributed by atoms with E-state index in [2.05, 4.69) is 10.6 Å². The highest BCUT2D eigenvalue weighted by atomic mass is 35.5. The quantitative estimate of drug-likeness (QED) is 0.828. The van der Waals surface area contributed by atoms with Crippen LogP contribution in [-0.2, 0) is 17.5 Å². The number of hydrogen-bond donors (Lipinski definition) is 2. The molecule has 124 valence electrons. The lowest BCUT2D eigenvalue weighted by molar-refractivity contribution is -0.138. The van der Waals surface area contributed by atoms with Crippen LogP contribution in [0.5, 0.6) is 0 Å². The van der Waals surface area contributed by atoms with Gasteiger partial charge >= 0.3 is 6.18 Å². The Labute approximate surface area is 129 Å². The van der Waals surface area contributed by atoms with E-state index in [4.69, 9.17) is 0 Å². The Kier molecular flexibility index (Phi) is 5.75. The highest BCUT2D eigenvalue weighted by molar-refractivity contribution is 5.85. The van der Waals surface area contributed by atoms with Crippen molar-refractivity contribution < 1.29 is 26.7 Å². The molecule has 9 heteroatoms. The fourth-order valence-corrected chi connectivity index (χ4v) is 2.16. The highest BCUT2D eigenvalue weighted by Crippen LogP contribution is 2.31. The van der Waals surface area contributed by atoms with Gasteiger partial charge in [0.25, 0.3) is 5.92 Å². The second-order valence-corrected chi connectivity index (χ2v) is 4.87. The molecule has 1 aliphatic rings. The summed E-state index contributed by atoms with van der Waals surface area (Å²) >= 11 is 0. The normalized spacial score (nSPS) is 20.3. The van der Waals surface area contributed by atoms with Crippen LogP contribution in [0.3, 0.4) is 0 Å². The zero-order valence-electron chi connectivity index (χ0n) is 11.2. The number of alkyl halides is 5. The number of halogens is 6. The molecule has 0 spiro atoms. The summed E-state index contributed by atoms with van der Waals surface area (Å²) in [6.07, 6.45) is -5.18. The molecule has 0 radical (unpaired) electrons. The molecule has 1 unspecified atom stereocenters. The first-order valence-electron chi connectivity index (χ1n) is 6.23. The lowest BCUT2D eigenvalue weighted by atomic mass is 10.1. The summed E-state index contributed by atoms with van der Waals surface area (Å²) in [6.45, 7) is -0.970. The van der Waals surface area contributed by atoms with Gasteiger partial charge in [-0.25, -0.2) is 8.78 Å². The molecule has 2 rings (SSSR count). The molecule has 1 aromatic rings. The molecule has 1 saturated heterocycles. The third-order valence-electron chi connectivity index (χ3n) is 3.20. The Morgan fingerprint density at radius 3 is 2.50 bits per heavy atom. The third kappa shape index (κ3) is 4.54. The van der Waals surface area contributed by atoms with Gasteiger partial charge in [0, 0.05) is 13.0 Å². The van der Waals surface area contributed by atoms with Gasteiger partial charge in [-0.15, -0.1) is 12.4 Å². The average Bonchev–Trinajstić information content (AvgIpc) is 2.76. The van der Waals surface area contributed by atoms with Crippen molar-refractivity contribution in [2.24, 2.45) is 0 Å². The van der Waals surface area contributed by atoms with Crippen molar-refractivity contribution in [3.63, 3.8) is 0 Å². The van der Waals surface area contributed by atoms with Crippen LogP contribution in [0.2, 0.25) is 0 Å². The maximum Gasteiger partial charge on any atom is 0.416 e. The number of nitrogens with one attached hydrogen (secondary N) is 2. The molecule has 22 heavy (non-hydrogen) atoms. The smallest absolute Gasteiger partial charge is 0.351 e. The maximum atomic E-state index is 12.9. The third-order valence-corrected chi connectivity index (χ3v) is 3.20. The molecule has 1 amide bonds. The fourth-order valence-electron chi connectivity index (χ4n) is 2.16. The molecule has 2 N–H and O–H groups in total. The molecule has 1 atom stereocenters. The molecule has 0 bridgehead atoms. The predicted octanol–water partition coefficient (Wildman–Crippen LogP) is 2.74. The van der Waals surface area contributed by atoms with E-state index < -0.39 is 42.6 Å². The number of carbonyl (C=O) groups excluding carboxylic acids is 1. The van der Waals surface area contributed by atoms with Crippen LogP contribution in [0.1, 0.15) is 17.5 Å². The van der Waals surface area contributed by atoms with Gasteiger partial charge in [0.05, 0.1) is 18.2 Å². The second-order valence-electron chi connectivity index (χ2n) is 4.87. The van der Waals surface area contributed by atoms with Crippen molar-refractivity contribution in [2.45, 2.75) is 31.1 Å². The molecular formula is C13H14ClF5N2O. The lowest BCUT2D eigenvalue weighted by Gasteiger charge is -2.15. The van der Waals surface area contributed by atoms with E-state index in [0.717, 1.165) is 6.07 Å². The minimum atomic E-state index is -4.53. The second kappa shape index (κ2) is 6.78. The summed E-state index contributed by atoms with van der Waals surface area (Å²) < 4.78 is 64.1. The molecule has 1 aromatic carbocycles. The minimum absolute atomic E-state index is 0. The first-order valence-corrected chi connectivity index (χ1v) is 6.23. The number of amides is 1. The summed E-state index contributed by atoms with van der Waals surface area (Å²) in [5, 5.41) is 4.60. The Balaban J connectivity index is 0.00000242. The minimum Gasteiger partial charge on any atom is -0.351 e. The SMILES string of the molecule is Cl.O=C(NCc1ccccc1C(F)(F)F)C1CC(F)(F)CN1. The Morgan fingerprint density at radius 2 is 1.95 bits per heavy atom. The van der Waals surface area contributed by atoms with Gasteiger partial charge in [-0.05, 0) is 11.6 Å². The Hall–Kier alpha value is -1.41.